The SMILES string of the molecule is CCCCCCC(C)NC(=NC)NCc1cccnc1N1CCOCC1. The molecule has 26 heavy (non-hydrogen) atoms. The van der Waals surface area contributed by atoms with Crippen LogP contribution in [-0.2, 0) is 11.3 Å². The Morgan fingerprint density at radius 1 is 1.31 bits per heavy atom. The van der Waals surface area contributed by atoms with Crippen LogP contribution in [0.4, 0.5) is 5.82 Å². The van der Waals surface area contributed by atoms with Crippen molar-refractivity contribution in [3.05, 3.63) is 23.9 Å². The number of guanidine groups is 1. The molecule has 1 saturated heterocycles. The number of aliphatic imine (C=N–C) groups is 1. The lowest BCUT2D eigenvalue weighted by Gasteiger charge is -2.29. The molecule has 0 radical (unpaired) electrons. The third-order valence-corrected chi connectivity index (χ3v) is 4.72. The second-order valence-electron chi connectivity index (χ2n) is 6.91. The van der Waals surface area contributed by atoms with E-state index in [1.54, 1.807) is 0 Å². The van der Waals surface area contributed by atoms with Crippen LogP contribution in [-0.4, -0.2) is 50.3 Å². The molecule has 1 aliphatic rings. The Hall–Kier alpha value is -1.82. The van der Waals surface area contributed by atoms with Crippen molar-refractivity contribution < 1.29 is 4.74 Å². The minimum absolute atomic E-state index is 0.422. The number of unbranched alkanes of at least 4 members (excludes halogenated alkanes) is 3. The summed E-state index contributed by atoms with van der Waals surface area (Å²) in [5, 5.41) is 6.94. The number of anilines is 1. The van der Waals surface area contributed by atoms with E-state index in [-0.39, 0.29) is 0 Å². The largest absolute Gasteiger partial charge is 0.378 e. The van der Waals surface area contributed by atoms with Crippen molar-refractivity contribution in [2.24, 2.45) is 4.99 Å². The molecule has 146 valence electrons. The first kappa shape index (κ1) is 20.5. The van der Waals surface area contributed by atoms with Gasteiger partial charge in [-0.15, -0.1) is 0 Å². The zero-order chi connectivity index (χ0) is 18.6. The molecule has 2 N–H and O–H groups in total. The highest BCUT2D eigenvalue weighted by atomic mass is 16.5. The molecular formula is C20H35N5O. The smallest absolute Gasteiger partial charge is 0.191 e. The molecule has 0 bridgehead atoms. The van der Waals surface area contributed by atoms with Gasteiger partial charge in [-0.05, 0) is 19.4 Å². The Bertz CT molecular complexity index is 543. The van der Waals surface area contributed by atoms with Crippen molar-refractivity contribution in [3.63, 3.8) is 0 Å². The summed E-state index contributed by atoms with van der Waals surface area (Å²) < 4.78 is 5.45. The Balaban J connectivity index is 1.84. The van der Waals surface area contributed by atoms with Gasteiger partial charge in [0, 0.05) is 44.5 Å². The summed E-state index contributed by atoms with van der Waals surface area (Å²) in [6, 6.07) is 4.55. The standard InChI is InChI=1S/C20H35N5O/c1-4-5-6-7-9-17(2)24-20(21-3)23-16-18-10-8-11-22-19(18)25-12-14-26-15-13-25/h8,10-11,17H,4-7,9,12-16H2,1-3H3,(H2,21,23,24). The van der Waals surface area contributed by atoms with Gasteiger partial charge in [-0.25, -0.2) is 4.98 Å². The molecule has 2 heterocycles. The third kappa shape index (κ3) is 6.83. The third-order valence-electron chi connectivity index (χ3n) is 4.72. The zero-order valence-corrected chi connectivity index (χ0v) is 16.6. The fourth-order valence-electron chi connectivity index (χ4n) is 3.18. The number of aromatic nitrogens is 1. The van der Waals surface area contributed by atoms with E-state index in [0.29, 0.717) is 12.6 Å². The number of hydrogen-bond donors (Lipinski definition) is 2. The van der Waals surface area contributed by atoms with E-state index in [2.05, 4.69) is 45.4 Å². The van der Waals surface area contributed by atoms with E-state index in [1.165, 1.54) is 37.7 Å². The lowest BCUT2D eigenvalue weighted by molar-refractivity contribution is 0.122. The maximum Gasteiger partial charge on any atom is 0.191 e. The Morgan fingerprint density at radius 3 is 2.85 bits per heavy atom. The molecule has 1 atom stereocenters. The van der Waals surface area contributed by atoms with Gasteiger partial charge in [-0.2, -0.15) is 0 Å². The molecule has 0 amide bonds. The maximum atomic E-state index is 5.45. The summed E-state index contributed by atoms with van der Waals surface area (Å²) in [4.78, 5) is 11.3. The Labute approximate surface area is 158 Å². The van der Waals surface area contributed by atoms with Gasteiger partial charge in [0.05, 0.1) is 13.2 Å². The molecule has 6 nitrogen and oxygen atoms in total. The monoisotopic (exact) mass is 361 g/mol. The highest BCUT2D eigenvalue weighted by molar-refractivity contribution is 5.80. The van der Waals surface area contributed by atoms with Crippen LogP contribution in [0.5, 0.6) is 0 Å². The first-order valence-corrected chi connectivity index (χ1v) is 9.98. The Morgan fingerprint density at radius 2 is 2.12 bits per heavy atom. The number of hydrogen-bond acceptors (Lipinski definition) is 4. The average molecular weight is 362 g/mol. The van der Waals surface area contributed by atoms with Crippen molar-refractivity contribution in [1.29, 1.82) is 0 Å². The topological polar surface area (TPSA) is 61.8 Å². The first-order valence-electron chi connectivity index (χ1n) is 9.98. The summed E-state index contributed by atoms with van der Waals surface area (Å²) in [6.45, 7) is 8.50. The molecule has 0 spiro atoms. The maximum absolute atomic E-state index is 5.45. The molecule has 2 rings (SSSR count). The lowest BCUT2D eigenvalue weighted by Crippen LogP contribution is -2.42. The number of morpholine rings is 1. The minimum atomic E-state index is 0.422. The van der Waals surface area contributed by atoms with Gasteiger partial charge in [-0.1, -0.05) is 38.7 Å². The molecule has 1 fully saturated rings. The Kier molecular flexibility index (Phi) is 9.24. The van der Waals surface area contributed by atoms with Gasteiger partial charge in [0.1, 0.15) is 5.82 Å². The van der Waals surface area contributed by atoms with Crippen LogP contribution in [0.2, 0.25) is 0 Å². The summed E-state index contributed by atoms with van der Waals surface area (Å²) in [5.74, 6) is 1.90. The van der Waals surface area contributed by atoms with E-state index < -0.39 is 0 Å². The van der Waals surface area contributed by atoms with Crippen LogP contribution in [0.15, 0.2) is 23.3 Å². The van der Waals surface area contributed by atoms with Crippen LogP contribution in [0, 0.1) is 0 Å². The minimum Gasteiger partial charge on any atom is -0.378 e. The number of nitrogens with one attached hydrogen (secondary N) is 2. The van der Waals surface area contributed by atoms with Gasteiger partial charge < -0.3 is 20.3 Å². The number of pyridine rings is 1. The van der Waals surface area contributed by atoms with Crippen molar-refractivity contribution in [1.82, 2.24) is 15.6 Å². The first-order chi connectivity index (χ1) is 12.7. The molecule has 1 unspecified atom stereocenters. The second-order valence-corrected chi connectivity index (χ2v) is 6.91. The predicted molar refractivity (Wildman–Crippen MR) is 109 cm³/mol. The molecule has 0 saturated carbocycles. The van der Waals surface area contributed by atoms with Crippen LogP contribution >= 0.6 is 0 Å². The van der Waals surface area contributed by atoms with Crippen molar-refractivity contribution in [2.75, 3.05) is 38.3 Å². The van der Waals surface area contributed by atoms with Gasteiger partial charge in [0.25, 0.3) is 0 Å². The summed E-state index contributed by atoms with van der Waals surface area (Å²) in [7, 11) is 1.82. The second kappa shape index (κ2) is 11.7. The van der Waals surface area contributed by atoms with Crippen molar-refractivity contribution in [3.8, 4) is 0 Å². The summed E-state index contributed by atoms with van der Waals surface area (Å²) >= 11 is 0. The van der Waals surface area contributed by atoms with E-state index in [0.717, 1.165) is 38.1 Å². The van der Waals surface area contributed by atoms with Crippen molar-refractivity contribution in [2.45, 2.75) is 58.5 Å². The quantitative estimate of drug-likeness (QED) is 0.402. The molecule has 1 aliphatic heterocycles. The highest BCUT2D eigenvalue weighted by Crippen LogP contribution is 2.18. The van der Waals surface area contributed by atoms with Crippen molar-refractivity contribution >= 4 is 11.8 Å². The molecule has 1 aromatic rings. The highest BCUT2D eigenvalue weighted by Gasteiger charge is 2.16. The number of nitrogens with zero attached hydrogens (tertiary/aromatic N) is 3. The van der Waals surface area contributed by atoms with E-state index in [4.69, 9.17) is 4.74 Å². The predicted octanol–water partition coefficient (Wildman–Crippen LogP) is 2.94. The van der Waals surface area contributed by atoms with Crippen LogP contribution in [0.25, 0.3) is 0 Å². The van der Waals surface area contributed by atoms with Gasteiger partial charge >= 0.3 is 0 Å². The lowest BCUT2D eigenvalue weighted by atomic mass is 10.1. The molecule has 6 heteroatoms. The molecule has 0 aliphatic carbocycles. The van der Waals surface area contributed by atoms with Crippen LogP contribution < -0.4 is 15.5 Å². The van der Waals surface area contributed by atoms with E-state index in [1.807, 2.05) is 19.3 Å². The molecule has 1 aromatic heterocycles. The fourth-order valence-corrected chi connectivity index (χ4v) is 3.18. The van der Waals surface area contributed by atoms with Gasteiger partial charge in [0.2, 0.25) is 0 Å². The number of ether oxygens (including phenoxy) is 1. The molecular weight excluding hydrogens is 326 g/mol. The molecule has 0 aromatic carbocycles. The van der Waals surface area contributed by atoms with E-state index in [9.17, 15) is 0 Å². The van der Waals surface area contributed by atoms with E-state index >= 15 is 0 Å². The zero-order valence-electron chi connectivity index (χ0n) is 16.6. The average Bonchev–Trinajstić information content (AvgIpc) is 2.69. The summed E-state index contributed by atoms with van der Waals surface area (Å²) in [5.41, 5.74) is 1.19. The van der Waals surface area contributed by atoms with Crippen LogP contribution in [0.1, 0.15) is 51.5 Å². The number of rotatable bonds is 9. The normalized spacial score (nSPS) is 16.4. The van der Waals surface area contributed by atoms with Crippen LogP contribution in [0.3, 0.4) is 0 Å². The van der Waals surface area contributed by atoms with Gasteiger partial charge in [-0.3, -0.25) is 4.99 Å². The summed E-state index contributed by atoms with van der Waals surface area (Å²) in [6.07, 6.45) is 8.22. The fraction of sp³-hybridized carbons (Fsp3) is 0.700. The van der Waals surface area contributed by atoms with Gasteiger partial charge in [0.15, 0.2) is 5.96 Å².